The van der Waals surface area contributed by atoms with Gasteiger partial charge in [0.2, 0.25) is 5.91 Å². The second-order valence-corrected chi connectivity index (χ2v) is 8.35. The van der Waals surface area contributed by atoms with Crippen LogP contribution in [0.5, 0.6) is 0 Å². The number of thioether (sulfide) groups is 1. The Hall–Kier alpha value is -1.79. The first-order chi connectivity index (χ1) is 12.8. The highest BCUT2D eigenvalue weighted by atomic mass is 32.2. The van der Waals surface area contributed by atoms with Crippen LogP contribution in [0.2, 0.25) is 0 Å². The van der Waals surface area contributed by atoms with E-state index in [4.69, 9.17) is 0 Å². The number of amides is 1. The van der Waals surface area contributed by atoms with E-state index in [9.17, 15) is 4.79 Å². The maximum Gasteiger partial charge on any atom is 0.230 e. The van der Waals surface area contributed by atoms with Gasteiger partial charge in [0.05, 0.1) is 5.75 Å². The summed E-state index contributed by atoms with van der Waals surface area (Å²) in [6, 6.07) is 7.29. The van der Waals surface area contributed by atoms with E-state index in [-0.39, 0.29) is 5.91 Å². The highest BCUT2D eigenvalue weighted by molar-refractivity contribution is 7.99. The minimum Gasteiger partial charge on any atom is -0.354 e. The Bertz CT molecular complexity index is 746. The van der Waals surface area contributed by atoms with E-state index in [1.165, 1.54) is 22.9 Å². The molecule has 0 saturated heterocycles. The van der Waals surface area contributed by atoms with Crippen LogP contribution in [0.4, 0.5) is 0 Å². The van der Waals surface area contributed by atoms with Crippen molar-refractivity contribution in [2.45, 2.75) is 58.8 Å². The highest BCUT2D eigenvalue weighted by Gasteiger charge is 2.14. The first kappa shape index (κ1) is 21.5. The summed E-state index contributed by atoms with van der Waals surface area (Å²) in [6.45, 7) is 14.5. The van der Waals surface area contributed by atoms with E-state index in [2.05, 4.69) is 74.9 Å². The molecule has 0 aliphatic rings. The van der Waals surface area contributed by atoms with Crippen molar-refractivity contribution >= 4 is 17.7 Å². The molecule has 0 saturated carbocycles. The second-order valence-electron chi connectivity index (χ2n) is 7.41. The van der Waals surface area contributed by atoms with Gasteiger partial charge in [0.15, 0.2) is 5.16 Å². The molecule has 1 N–H and O–H groups in total. The molecule has 1 amide bonds. The molecule has 1 aromatic carbocycles. The van der Waals surface area contributed by atoms with E-state index in [1.807, 2.05) is 10.8 Å². The Morgan fingerprint density at radius 2 is 1.89 bits per heavy atom. The van der Waals surface area contributed by atoms with Gasteiger partial charge in [0, 0.05) is 43.3 Å². The van der Waals surface area contributed by atoms with E-state index >= 15 is 0 Å². The average Bonchev–Trinajstić information content (AvgIpc) is 3.07. The van der Waals surface area contributed by atoms with E-state index < -0.39 is 0 Å². The maximum atomic E-state index is 12.2. The fourth-order valence-corrected chi connectivity index (χ4v) is 3.89. The molecule has 0 atom stereocenters. The normalized spacial score (nSPS) is 11.6. The van der Waals surface area contributed by atoms with Gasteiger partial charge in [-0.15, -0.1) is 0 Å². The molecule has 2 rings (SSSR count). The molecule has 1 heterocycles. The molecule has 0 aliphatic carbocycles. The van der Waals surface area contributed by atoms with Gasteiger partial charge in [0.25, 0.3) is 0 Å². The number of aryl methyl sites for hydroxylation is 2. The number of carbonyl (C=O) groups is 1. The SMILES string of the molecule is Cc1ccc(-n2ccnc2SCC(=O)NCCN(C(C)C)C(C)C)cc1C. The maximum absolute atomic E-state index is 12.2. The fourth-order valence-electron chi connectivity index (χ4n) is 3.09. The van der Waals surface area contributed by atoms with Crippen LogP contribution in [0.15, 0.2) is 35.7 Å². The molecule has 0 aliphatic heterocycles. The predicted molar refractivity (Wildman–Crippen MR) is 114 cm³/mol. The van der Waals surface area contributed by atoms with Crippen molar-refractivity contribution < 1.29 is 4.79 Å². The van der Waals surface area contributed by atoms with Crippen LogP contribution in [0, 0.1) is 13.8 Å². The van der Waals surface area contributed by atoms with Crippen molar-refractivity contribution in [2.24, 2.45) is 0 Å². The van der Waals surface area contributed by atoms with Crippen molar-refractivity contribution in [3.63, 3.8) is 0 Å². The van der Waals surface area contributed by atoms with Gasteiger partial charge < -0.3 is 5.32 Å². The number of aromatic nitrogens is 2. The third-order valence-corrected chi connectivity index (χ3v) is 5.69. The zero-order valence-electron chi connectivity index (χ0n) is 17.3. The van der Waals surface area contributed by atoms with Crippen LogP contribution in [-0.2, 0) is 4.79 Å². The Morgan fingerprint density at radius 1 is 1.19 bits per heavy atom. The summed E-state index contributed by atoms with van der Waals surface area (Å²) in [5, 5.41) is 3.86. The first-order valence-corrected chi connectivity index (χ1v) is 10.5. The molecule has 6 heteroatoms. The number of hydrogen-bond donors (Lipinski definition) is 1. The summed E-state index contributed by atoms with van der Waals surface area (Å²) in [5.41, 5.74) is 3.59. The van der Waals surface area contributed by atoms with Crippen LogP contribution in [0.3, 0.4) is 0 Å². The van der Waals surface area contributed by atoms with Crippen molar-refractivity contribution in [2.75, 3.05) is 18.8 Å². The monoisotopic (exact) mass is 388 g/mol. The Kier molecular flexibility index (Phi) is 7.92. The number of nitrogens with one attached hydrogen (secondary N) is 1. The van der Waals surface area contributed by atoms with Gasteiger partial charge in [-0.1, -0.05) is 17.8 Å². The number of imidazole rings is 1. The van der Waals surface area contributed by atoms with Crippen molar-refractivity contribution in [1.29, 1.82) is 0 Å². The van der Waals surface area contributed by atoms with Crippen molar-refractivity contribution in [1.82, 2.24) is 19.8 Å². The summed E-state index contributed by atoms with van der Waals surface area (Å²) in [5.74, 6) is 0.410. The molecular formula is C21H32N4OS. The van der Waals surface area contributed by atoms with Gasteiger partial charge >= 0.3 is 0 Å². The third kappa shape index (κ3) is 6.11. The molecule has 148 valence electrons. The summed E-state index contributed by atoms with van der Waals surface area (Å²) in [4.78, 5) is 19.0. The topological polar surface area (TPSA) is 50.2 Å². The quantitative estimate of drug-likeness (QED) is 0.664. The lowest BCUT2D eigenvalue weighted by molar-refractivity contribution is -0.118. The lowest BCUT2D eigenvalue weighted by atomic mass is 10.1. The first-order valence-electron chi connectivity index (χ1n) is 9.55. The van der Waals surface area contributed by atoms with Gasteiger partial charge in [-0.25, -0.2) is 4.98 Å². The number of benzene rings is 1. The van der Waals surface area contributed by atoms with Crippen LogP contribution in [0.1, 0.15) is 38.8 Å². The summed E-state index contributed by atoms with van der Waals surface area (Å²) in [7, 11) is 0. The van der Waals surface area contributed by atoms with Crippen LogP contribution in [-0.4, -0.2) is 51.3 Å². The molecule has 0 fully saturated rings. The average molecular weight is 389 g/mol. The second kappa shape index (κ2) is 9.95. The standard InChI is InChI=1S/C21H32N4OS/c1-15(2)24(16(3)4)11-9-22-20(26)14-27-21-23-10-12-25(21)19-8-7-17(5)18(6)13-19/h7-8,10,12-13,15-16H,9,11,14H2,1-6H3,(H,22,26). The smallest absolute Gasteiger partial charge is 0.230 e. The summed E-state index contributed by atoms with van der Waals surface area (Å²) < 4.78 is 2.03. The van der Waals surface area contributed by atoms with Crippen molar-refractivity contribution in [3.8, 4) is 5.69 Å². The molecule has 27 heavy (non-hydrogen) atoms. The summed E-state index contributed by atoms with van der Waals surface area (Å²) >= 11 is 1.46. The van der Waals surface area contributed by atoms with Gasteiger partial charge in [-0.05, 0) is 64.8 Å². The molecule has 0 radical (unpaired) electrons. The van der Waals surface area contributed by atoms with Gasteiger partial charge in [0.1, 0.15) is 0 Å². The number of carbonyl (C=O) groups excluding carboxylic acids is 1. The Morgan fingerprint density at radius 3 is 2.52 bits per heavy atom. The van der Waals surface area contributed by atoms with Crippen LogP contribution >= 0.6 is 11.8 Å². The Balaban J connectivity index is 1.87. The molecule has 0 unspecified atom stereocenters. The van der Waals surface area contributed by atoms with E-state index in [0.29, 0.717) is 24.4 Å². The lowest BCUT2D eigenvalue weighted by Gasteiger charge is -2.30. The Labute approximate surface area is 167 Å². The number of nitrogens with zero attached hydrogens (tertiary/aromatic N) is 3. The third-order valence-electron chi connectivity index (χ3n) is 4.73. The molecule has 0 bridgehead atoms. The minimum absolute atomic E-state index is 0.0436. The zero-order valence-corrected chi connectivity index (χ0v) is 18.1. The van der Waals surface area contributed by atoms with Gasteiger partial charge in [-0.3, -0.25) is 14.3 Å². The van der Waals surface area contributed by atoms with Crippen LogP contribution < -0.4 is 5.32 Å². The van der Waals surface area contributed by atoms with Crippen molar-refractivity contribution in [3.05, 3.63) is 41.7 Å². The van der Waals surface area contributed by atoms with Crippen LogP contribution in [0.25, 0.3) is 5.69 Å². The minimum atomic E-state index is 0.0436. The number of rotatable bonds is 9. The highest BCUT2D eigenvalue weighted by Crippen LogP contribution is 2.22. The van der Waals surface area contributed by atoms with Gasteiger partial charge in [-0.2, -0.15) is 0 Å². The molecular weight excluding hydrogens is 356 g/mol. The largest absolute Gasteiger partial charge is 0.354 e. The molecule has 2 aromatic rings. The molecule has 1 aromatic heterocycles. The number of hydrogen-bond acceptors (Lipinski definition) is 4. The lowest BCUT2D eigenvalue weighted by Crippen LogP contribution is -2.42. The van der Waals surface area contributed by atoms with E-state index in [0.717, 1.165) is 17.4 Å². The zero-order chi connectivity index (χ0) is 20.0. The summed E-state index contributed by atoms with van der Waals surface area (Å²) in [6.07, 6.45) is 3.71. The van der Waals surface area contributed by atoms with E-state index in [1.54, 1.807) is 6.20 Å². The molecule has 5 nitrogen and oxygen atoms in total. The fraction of sp³-hybridized carbons (Fsp3) is 0.524. The molecule has 0 spiro atoms. The predicted octanol–water partition coefficient (Wildman–Crippen LogP) is 3.82.